The van der Waals surface area contributed by atoms with Gasteiger partial charge in [0.15, 0.2) is 5.69 Å². The molecule has 7 heteroatoms. The summed E-state index contributed by atoms with van der Waals surface area (Å²) in [4.78, 5) is 10.9. The zero-order valence-corrected chi connectivity index (χ0v) is 8.48. The molecule has 0 bridgehead atoms. The lowest BCUT2D eigenvalue weighted by Crippen LogP contribution is -2.18. The van der Waals surface area contributed by atoms with E-state index in [4.69, 9.17) is 5.26 Å². The van der Waals surface area contributed by atoms with Crippen molar-refractivity contribution < 1.29 is 0 Å². The molecule has 0 aliphatic carbocycles. The van der Waals surface area contributed by atoms with E-state index in [1.54, 1.807) is 10.9 Å². The van der Waals surface area contributed by atoms with E-state index in [1.807, 2.05) is 11.0 Å². The maximum Gasteiger partial charge on any atom is 0.215 e. The van der Waals surface area contributed by atoms with Crippen molar-refractivity contribution in [3.8, 4) is 6.07 Å². The topological polar surface area (TPSA) is 69.6 Å². The number of nitrogens with zero attached hydrogens (tertiary/aromatic N) is 6. The van der Waals surface area contributed by atoms with E-state index in [9.17, 15) is 0 Å². The Morgan fingerprint density at radius 3 is 3.20 bits per heavy atom. The van der Waals surface area contributed by atoms with E-state index in [0.29, 0.717) is 5.69 Å². The summed E-state index contributed by atoms with van der Waals surface area (Å²) in [5.41, 5.74) is 0.462. The number of rotatable bonds is 1. The van der Waals surface area contributed by atoms with Crippen molar-refractivity contribution in [3.05, 3.63) is 11.9 Å². The average Bonchev–Trinajstić information content (AvgIpc) is 2.93. The molecule has 0 N–H and O–H groups in total. The monoisotopic (exact) mass is 218 g/mol. The van der Waals surface area contributed by atoms with E-state index in [1.165, 1.54) is 17.5 Å². The van der Waals surface area contributed by atoms with Gasteiger partial charge in [-0.05, 0) is 0 Å². The standard InChI is InChI=1S/C8H6N6S/c9-3-6-4-11-7-14(6)12-8(15-7)13-2-1-10-5-13/h4-5H,1-2H2. The SMILES string of the molecule is N#Cc1cnc2sc(N3C=NCC3)nn12. The van der Waals surface area contributed by atoms with Gasteiger partial charge in [0.05, 0.1) is 19.1 Å². The minimum absolute atomic E-state index is 0.462. The van der Waals surface area contributed by atoms with Gasteiger partial charge in [0.1, 0.15) is 6.07 Å². The van der Waals surface area contributed by atoms with Crippen LogP contribution in [0.5, 0.6) is 0 Å². The van der Waals surface area contributed by atoms with Gasteiger partial charge in [0, 0.05) is 6.54 Å². The highest BCUT2D eigenvalue weighted by atomic mass is 32.1. The van der Waals surface area contributed by atoms with Crippen molar-refractivity contribution in [2.45, 2.75) is 0 Å². The van der Waals surface area contributed by atoms with E-state index >= 15 is 0 Å². The predicted octanol–water partition coefficient (Wildman–Crippen LogP) is 0.511. The van der Waals surface area contributed by atoms with E-state index in [2.05, 4.69) is 15.1 Å². The van der Waals surface area contributed by atoms with Crippen molar-refractivity contribution in [1.82, 2.24) is 14.6 Å². The maximum atomic E-state index is 8.81. The van der Waals surface area contributed by atoms with Crippen LogP contribution in [-0.4, -0.2) is 34.0 Å². The van der Waals surface area contributed by atoms with Gasteiger partial charge in [0.2, 0.25) is 10.1 Å². The lowest BCUT2D eigenvalue weighted by Gasteiger charge is -2.06. The van der Waals surface area contributed by atoms with Gasteiger partial charge in [-0.2, -0.15) is 9.78 Å². The maximum absolute atomic E-state index is 8.81. The van der Waals surface area contributed by atoms with E-state index in [0.717, 1.165) is 23.2 Å². The first-order valence-corrected chi connectivity index (χ1v) is 5.21. The number of hydrogen-bond donors (Lipinski definition) is 0. The second-order valence-corrected chi connectivity index (χ2v) is 3.98. The molecule has 0 unspecified atom stereocenters. The predicted molar refractivity (Wildman–Crippen MR) is 56.3 cm³/mol. The zero-order valence-electron chi connectivity index (χ0n) is 7.66. The van der Waals surface area contributed by atoms with Crippen LogP contribution in [0.2, 0.25) is 0 Å². The smallest absolute Gasteiger partial charge is 0.215 e. The molecular weight excluding hydrogens is 212 g/mol. The number of aliphatic imine (C=N–C) groups is 1. The fourth-order valence-corrected chi connectivity index (χ4v) is 2.27. The summed E-state index contributed by atoms with van der Waals surface area (Å²) in [6.45, 7) is 1.64. The average molecular weight is 218 g/mol. The lowest BCUT2D eigenvalue weighted by atomic mass is 10.5. The lowest BCUT2D eigenvalue weighted by molar-refractivity contribution is 0.924. The Balaban J connectivity index is 2.11. The molecule has 0 aromatic carbocycles. The van der Waals surface area contributed by atoms with Crippen LogP contribution in [0.3, 0.4) is 0 Å². The first kappa shape index (κ1) is 8.38. The van der Waals surface area contributed by atoms with E-state index < -0.39 is 0 Å². The number of anilines is 1. The van der Waals surface area contributed by atoms with Crippen LogP contribution in [0.1, 0.15) is 5.69 Å². The summed E-state index contributed by atoms with van der Waals surface area (Å²) in [6.07, 6.45) is 3.30. The molecule has 0 fully saturated rings. The quantitative estimate of drug-likeness (QED) is 0.699. The largest absolute Gasteiger partial charge is 0.305 e. The van der Waals surface area contributed by atoms with Crippen LogP contribution in [0.15, 0.2) is 11.2 Å². The van der Waals surface area contributed by atoms with Gasteiger partial charge in [-0.15, -0.1) is 5.10 Å². The molecule has 74 valence electrons. The number of hydrogen-bond acceptors (Lipinski definition) is 6. The summed E-state index contributed by atoms with van der Waals surface area (Å²) < 4.78 is 1.56. The Hall–Kier alpha value is -1.94. The van der Waals surface area contributed by atoms with Crippen molar-refractivity contribution in [1.29, 1.82) is 5.26 Å². The molecule has 1 aliphatic rings. The molecule has 2 aromatic rings. The first-order valence-electron chi connectivity index (χ1n) is 4.40. The Kier molecular flexibility index (Phi) is 1.69. The fourth-order valence-electron chi connectivity index (χ4n) is 1.40. The van der Waals surface area contributed by atoms with Gasteiger partial charge in [-0.3, -0.25) is 4.99 Å². The van der Waals surface area contributed by atoms with Gasteiger partial charge in [-0.25, -0.2) is 4.98 Å². The second-order valence-electron chi connectivity index (χ2n) is 3.05. The molecule has 15 heavy (non-hydrogen) atoms. The highest BCUT2D eigenvalue weighted by molar-refractivity contribution is 7.20. The highest BCUT2D eigenvalue weighted by Crippen LogP contribution is 2.23. The molecule has 3 heterocycles. The molecule has 0 saturated heterocycles. The molecule has 0 saturated carbocycles. The van der Waals surface area contributed by atoms with Gasteiger partial charge in [0.25, 0.3) is 0 Å². The van der Waals surface area contributed by atoms with Crippen molar-refractivity contribution >= 4 is 27.8 Å². The summed E-state index contributed by atoms with van der Waals surface area (Å²) in [5.74, 6) is 0. The van der Waals surface area contributed by atoms with Gasteiger partial charge in [-0.1, -0.05) is 11.3 Å². The molecule has 3 rings (SSSR count). The number of fused-ring (bicyclic) bond motifs is 1. The summed E-state index contributed by atoms with van der Waals surface area (Å²) in [5, 5.41) is 14.0. The summed E-state index contributed by atoms with van der Waals surface area (Å²) in [7, 11) is 0. The minimum Gasteiger partial charge on any atom is -0.305 e. The zero-order chi connectivity index (χ0) is 10.3. The number of imidazole rings is 1. The molecule has 0 radical (unpaired) electrons. The third-order valence-corrected chi connectivity index (χ3v) is 3.09. The Bertz CT molecular complexity index is 573. The van der Waals surface area contributed by atoms with E-state index in [-0.39, 0.29) is 0 Å². The molecule has 1 aliphatic heterocycles. The van der Waals surface area contributed by atoms with Crippen molar-refractivity contribution in [2.24, 2.45) is 4.99 Å². The van der Waals surface area contributed by atoms with Crippen LogP contribution < -0.4 is 4.90 Å². The highest BCUT2D eigenvalue weighted by Gasteiger charge is 2.15. The third-order valence-electron chi connectivity index (χ3n) is 2.13. The number of nitriles is 1. The van der Waals surface area contributed by atoms with Crippen molar-refractivity contribution in [2.75, 3.05) is 18.0 Å². The summed E-state index contributed by atoms with van der Waals surface area (Å²) in [6, 6.07) is 2.05. The molecule has 0 atom stereocenters. The molecule has 0 amide bonds. The molecule has 6 nitrogen and oxygen atoms in total. The Morgan fingerprint density at radius 2 is 2.47 bits per heavy atom. The fraction of sp³-hybridized carbons (Fsp3) is 0.250. The van der Waals surface area contributed by atoms with Gasteiger partial charge >= 0.3 is 0 Å². The third kappa shape index (κ3) is 1.19. The minimum atomic E-state index is 0.462. The molecule has 0 spiro atoms. The summed E-state index contributed by atoms with van der Waals surface area (Å²) >= 11 is 1.46. The van der Waals surface area contributed by atoms with Crippen molar-refractivity contribution in [3.63, 3.8) is 0 Å². The van der Waals surface area contributed by atoms with Crippen LogP contribution in [0.4, 0.5) is 5.13 Å². The Morgan fingerprint density at radius 1 is 1.53 bits per heavy atom. The van der Waals surface area contributed by atoms with Crippen LogP contribution in [0.25, 0.3) is 4.96 Å². The number of aromatic nitrogens is 3. The second kappa shape index (κ2) is 3.03. The Labute approximate surface area is 89.1 Å². The molecular formula is C8H6N6S. The van der Waals surface area contributed by atoms with Crippen LogP contribution in [0, 0.1) is 11.3 Å². The van der Waals surface area contributed by atoms with Crippen LogP contribution >= 0.6 is 11.3 Å². The van der Waals surface area contributed by atoms with Crippen LogP contribution in [-0.2, 0) is 0 Å². The molecule has 2 aromatic heterocycles. The normalized spacial score (nSPS) is 15.0. The van der Waals surface area contributed by atoms with Gasteiger partial charge < -0.3 is 4.90 Å². The first-order chi connectivity index (χ1) is 7.38.